The number of aryl methyl sites for hydroxylation is 1. The Morgan fingerprint density at radius 3 is 2.94 bits per heavy atom. The molecular formula is C15H23NO2. The minimum absolute atomic E-state index is 0.273. The van der Waals surface area contributed by atoms with E-state index in [0.717, 1.165) is 26.2 Å². The van der Waals surface area contributed by atoms with Gasteiger partial charge in [-0.3, -0.25) is 0 Å². The molecule has 0 amide bonds. The molecule has 2 rings (SSSR count). The molecule has 0 radical (unpaired) electrons. The molecule has 1 aliphatic heterocycles. The van der Waals surface area contributed by atoms with E-state index in [0.29, 0.717) is 6.61 Å². The van der Waals surface area contributed by atoms with Crippen LogP contribution in [0.25, 0.3) is 0 Å². The summed E-state index contributed by atoms with van der Waals surface area (Å²) in [5.41, 5.74) is 2.65. The Labute approximate surface area is 109 Å². The Balaban J connectivity index is 1.96. The summed E-state index contributed by atoms with van der Waals surface area (Å²) in [7, 11) is 0. The van der Waals surface area contributed by atoms with E-state index in [1.165, 1.54) is 11.1 Å². The van der Waals surface area contributed by atoms with Crippen LogP contribution in [0.1, 0.15) is 30.5 Å². The zero-order chi connectivity index (χ0) is 12.8. The highest BCUT2D eigenvalue weighted by molar-refractivity contribution is 5.28. The Kier molecular flexibility index (Phi) is 5.17. The molecule has 100 valence electrons. The summed E-state index contributed by atoms with van der Waals surface area (Å²) in [5, 5.41) is 3.50. The normalized spacial score (nSPS) is 21.1. The molecule has 3 heteroatoms. The van der Waals surface area contributed by atoms with E-state index in [4.69, 9.17) is 9.47 Å². The van der Waals surface area contributed by atoms with Gasteiger partial charge < -0.3 is 14.8 Å². The Bertz CT molecular complexity index is 361. The average Bonchev–Trinajstić information content (AvgIpc) is 2.88. The van der Waals surface area contributed by atoms with Crippen LogP contribution in [0.15, 0.2) is 24.3 Å². The third-order valence-corrected chi connectivity index (χ3v) is 3.40. The fourth-order valence-corrected chi connectivity index (χ4v) is 2.36. The predicted octanol–water partition coefficient (Wildman–Crippen LogP) is 2.45. The summed E-state index contributed by atoms with van der Waals surface area (Å²) in [6.07, 6.45) is 1.29. The van der Waals surface area contributed by atoms with Crippen molar-refractivity contribution in [3.63, 3.8) is 0 Å². The zero-order valence-electron chi connectivity index (χ0n) is 11.3. The first-order valence-corrected chi connectivity index (χ1v) is 6.79. The molecular weight excluding hydrogens is 226 g/mol. The number of nitrogens with one attached hydrogen (secondary N) is 1. The molecule has 1 heterocycles. The predicted molar refractivity (Wildman–Crippen MR) is 72.8 cm³/mol. The number of hydrogen-bond acceptors (Lipinski definition) is 3. The number of hydrogen-bond donors (Lipinski definition) is 1. The van der Waals surface area contributed by atoms with Gasteiger partial charge in [-0.15, -0.1) is 0 Å². The maximum atomic E-state index is 5.94. The third-order valence-electron chi connectivity index (χ3n) is 3.40. The summed E-state index contributed by atoms with van der Waals surface area (Å²) >= 11 is 0. The molecule has 18 heavy (non-hydrogen) atoms. The van der Waals surface area contributed by atoms with Crippen LogP contribution in [0.5, 0.6) is 0 Å². The van der Waals surface area contributed by atoms with Crippen molar-refractivity contribution in [2.24, 2.45) is 0 Å². The van der Waals surface area contributed by atoms with Gasteiger partial charge in [-0.1, -0.05) is 31.2 Å². The minimum Gasteiger partial charge on any atom is -0.379 e. The van der Waals surface area contributed by atoms with Crippen molar-refractivity contribution >= 4 is 0 Å². The van der Waals surface area contributed by atoms with Crippen molar-refractivity contribution in [1.82, 2.24) is 5.32 Å². The highest BCUT2D eigenvalue weighted by Gasteiger charge is 2.19. The van der Waals surface area contributed by atoms with Gasteiger partial charge in [0.1, 0.15) is 0 Å². The van der Waals surface area contributed by atoms with Gasteiger partial charge in [0.25, 0.3) is 0 Å². The quantitative estimate of drug-likeness (QED) is 0.840. The molecule has 1 aromatic rings. The lowest BCUT2D eigenvalue weighted by Gasteiger charge is -2.22. The Morgan fingerprint density at radius 1 is 1.44 bits per heavy atom. The monoisotopic (exact) mass is 249 g/mol. The number of benzene rings is 1. The molecule has 2 atom stereocenters. The number of rotatable bonds is 6. The average molecular weight is 249 g/mol. The van der Waals surface area contributed by atoms with Crippen molar-refractivity contribution < 1.29 is 9.47 Å². The van der Waals surface area contributed by atoms with Crippen LogP contribution in [0, 0.1) is 6.92 Å². The van der Waals surface area contributed by atoms with Crippen molar-refractivity contribution in [3.8, 4) is 0 Å². The molecule has 0 aliphatic carbocycles. The molecule has 0 aromatic heterocycles. The van der Waals surface area contributed by atoms with Crippen molar-refractivity contribution in [1.29, 1.82) is 0 Å². The number of likely N-dealkylation sites (N-methyl/N-ethyl adjacent to an activating group) is 1. The van der Waals surface area contributed by atoms with Crippen LogP contribution in [0.2, 0.25) is 0 Å². The van der Waals surface area contributed by atoms with Crippen LogP contribution in [0.4, 0.5) is 0 Å². The first-order valence-electron chi connectivity index (χ1n) is 6.79. The highest BCUT2D eigenvalue weighted by atomic mass is 16.5. The maximum absolute atomic E-state index is 5.94. The largest absolute Gasteiger partial charge is 0.379 e. The minimum atomic E-state index is 0.273. The molecule has 0 spiro atoms. The van der Waals surface area contributed by atoms with Crippen molar-refractivity contribution in [2.75, 3.05) is 26.4 Å². The van der Waals surface area contributed by atoms with Gasteiger partial charge in [0.15, 0.2) is 0 Å². The van der Waals surface area contributed by atoms with E-state index in [-0.39, 0.29) is 12.1 Å². The first kappa shape index (κ1) is 13.5. The lowest BCUT2D eigenvalue weighted by atomic mass is 10.0. The molecule has 0 bridgehead atoms. The summed E-state index contributed by atoms with van der Waals surface area (Å²) < 4.78 is 11.3. The van der Waals surface area contributed by atoms with Gasteiger partial charge in [-0.05, 0) is 31.0 Å². The van der Waals surface area contributed by atoms with Gasteiger partial charge in [-0.2, -0.15) is 0 Å². The second-order valence-corrected chi connectivity index (χ2v) is 4.79. The smallest absolute Gasteiger partial charge is 0.0831 e. The van der Waals surface area contributed by atoms with Crippen LogP contribution >= 0.6 is 0 Å². The Morgan fingerprint density at radius 2 is 2.28 bits per heavy atom. The standard InChI is InChI=1S/C15H23NO2/c1-3-16-15(11-18-13-8-9-17-10-13)14-7-5-4-6-12(14)2/h4-7,13,15-16H,3,8-11H2,1-2H3. The van der Waals surface area contributed by atoms with E-state index in [9.17, 15) is 0 Å². The van der Waals surface area contributed by atoms with Crippen molar-refractivity contribution in [3.05, 3.63) is 35.4 Å². The fourth-order valence-electron chi connectivity index (χ4n) is 2.36. The van der Waals surface area contributed by atoms with Gasteiger partial charge >= 0.3 is 0 Å². The summed E-state index contributed by atoms with van der Waals surface area (Å²) in [4.78, 5) is 0. The van der Waals surface area contributed by atoms with Crippen LogP contribution in [-0.2, 0) is 9.47 Å². The van der Waals surface area contributed by atoms with Gasteiger partial charge in [0, 0.05) is 6.61 Å². The van der Waals surface area contributed by atoms with Gasteiger partial charge in [-0.25, -0.2) is 0 Å². The van der Waals surface area contributed by atoms with Gasteiger partial charge in [0.05, 0.1) is 25.4 Å². The number of ether oxygens (including phenoxy) is 2. The van der Waals surface area contributed by atoms with Crippen LogP contribution in [0.3, 0.4) is 0 Å². The maximum Gasteiger partial charge on any atom is 0.0831 e. The molecule has 3 nitrogen and oxygen atoms in total. The molecule has 1 N–H and O–H groups in total. The fraction of sp³-hybridized carbons (Fsp3) is 0.600. The summed E-state index contributed by atoms with van der Waals surface area (Å²) in [6, 6.07) is 8.77. The van der Waals surface area contributed by atoms with E-state index < -0.39 is 0 Å². The molecule has 1 aliphatic rings. The summed E-state index contributed by atoms with van der Waals surface area (Å²) in [6.45, 7) is 7.52. The van der Waals surface area contributed by atoms with E-state index in [2.05, 4.69) is 43.4 Å². The van der Waals surface area contributed by atoms with Crippen LogP contribution < -0.4 is 5.32 Å². The first-order chi connectivity index (χ1) is 8.81. The van der Waals surface area contributed by atoms with Gasteiger partial charge in [0.2, 0.25) is 0 Å². The summed E-state index contributed by atoms with van der Waals surface area (Å²) in [5.74, 6) is 0. The van der Waals surface area contributed by atoms with Crippen LogP contribution in [-0.4, -0.2) is 32.5 Å². The van der Waals surface area contributed by atoms with E-state index in [1.54, 1.807) is 0 Å². The third kappa shape index (κ3) is 3.55. The highest BCUT2D eigenvalue weighted by Crippen LogP contribution is 2.19. The van der Waals surface area contributed by atoms with E-state index in [1.807, 2.05) is 0 Å². The lowest BCUT2D eigenvalue weighted by molar-refractivity contribution is 0.0299. The lowest BCUT2D eigenvalue weighted by Crippen LogP contribution is -2.28. The molecule has 1 fully saturated rings. The SMILES string of the molecule is CCNC(COC1CCOC1)c1ccccc1C. The van der Waals surface area contributed by atoms with E-state index >= 15 is 0 Å². The molecule has 1 saturated heterocycles. The molecule has 0 saturated carbocycles. The Hall–Kier alpha value is -0.900. The molecule has 2 unspecified atom stereocenters. The van der Waals surface area contributed by atoms with Crippen molar-refractivity contribution in [2.45, 2.75) is 32.4 Å². The second kappa shape index (κ2) is 6.88. The zero-order valence-corrected chi connectivity index (χ0v) is 11.3. The second-order valence-electron chi connectivity index (χ2n) is 4.79. The topological polar surface area (TPSA) is 30.5 Å². The molecule has 1 aromatic carbocycles.